The van der Waals surface area contributed by atoms with Gasteiger partial charge in [-0.15, -0.1) is 0 Å². The minimum absolute atomic E-state index is 0.141. The zero-order valence-electron chi connectivity index (χ0n) is 26.1. The van der Waals surface area contributed by atoms with Crippen LogP contribution in [0.5, 0.6) is 0 Å². The van der Waals surface area contributed by atoms with Crippen molar-refractivity contribution in [2.75, 3.05) is 13.2 Å². The number of ether oxygens (including phenoxy) is 2. The first kappa shape index (κ1) is 46.1. The summed E-state index contributed by atoms with van der Waals surface area (Å²) in [6, 6.07) is 13.5. The molecule has 0 fully saturated rings. The van der Waals surface area contributed by atoms with Crippen LogP contribution in [0.15, 0.2) is 77.1 Å². The molecule has 0 saturated carbocycles. The first-order valence-corrected chi connectivity index (χ1v) is 15.1. The predicted octanol–water partition coefficient (Wildman–Crippen LogP) is 9.03. The summed E-state index contributed by atoms with van der Waals surface area (Å²) in [5.41, 5.74) is -1.70. The van der Waals surface area contributed by atoms with Crippen LogP contribution in [-0.2, 0) is 55.2 Å². The van der Waals surface area contributed by atoms with E-state index in [2.05, 4.69) is 45.4 Å². The number of carbonyl (C=O) groups excluding carboxylic acids is 2. The number of aliphatic carboxylic acids is 1. The number of nitrogens with zero attached hydrogens (tertiary/aromatic N) is 1. The second-order valence-corrected chi connectivity index (χ2v) is 10.4. The van der Waals surface area contributed by atoms with Crippen molar-refractivity contribution in [3.05, 3.63) is 106 Å². The van der Waals surface area contributed by atoms with Crippen molar-refractivity contribution in [2.24, 2.45) is 4.30 Å². The van der Waals surface area contributed by atoms with Gasteiger partial charge < -0.3 is 14.6 Å². The fourth-order valence-electron chi connectivity index (χ4n) is 3.49. The fraction of sp³-hybridized carbons (Fsp3) is 0.323. The van der Waals surface area contributed by atoms with Gasteiger partial charge in [0.05, 0.1) is 42.7 Å². The first-order valence-electron chi connectivity index (χ1n) is 13.8. The Balaban J connectivity index is 0.000000694. The second-order valence-electron chi connectivity index (χ2n) is 9.30. The summed E-state index contributed by atoms with van der Waals surface area (Å²) in [5, 5.41) is 8.38. The van der Waals surface area contributed by atoms with Gasteiger partial charge in [0.15, 0.2) is 0 Å². The van der Waals surface area contributed by atoms with E-state index in [-0.39, 0.29) is 30.8 Å². The third-order valence-electron chi connectivity index (χ3n) is 5.52. The molecule has 0 aliphatic heterocycles. The van der Waals surface area contributed by atoms with Crippen molar-refractivity contribution < 1.29 is 68.5 Å². The van der Waals surface area contributed by atoms with Gasteiger partial charge >= 0.3 is 61.2 Å². The number of carboxylic acid groups (broad SMARTS) is 1. The molecule has 273 valence electrons. The summed E-state index contributed by atoms with van der Waals surface area (Å²) in [6.07, 6.45) is -13.8. The van der Waals surface area contributed by atoms with Gasteiger partial charge in [0.2, 0.25) is 0 Å². The molecule has 19 heteroatoms. The number of esters is 2. The van der Waals surface area contributed by atoms with Crippen LogP contribution in [0.3, 0.4) is 0 Å². The van der Waals surface area contributed by atoms with E-state index < -0.39 is 64.4 Å². The van der Waals surface area contributed by atoms with E-state index in [4.69, 9.17) is 9.84 Å². The van der Waals surface area contributed by atoms with Gasteiger partial charge in [0.1, 0.15) is 4.83 Å². The zero-order valence-corrected chi connectivity index (χ0v) is 28.6. The van der Waals surface area contributed by atoms with Crippen molar-refractivity contribution in [1.82, 2.24) is 0 Å². The van der Waals surface area contributed by atoms with E-state index >= 15 is 0 Å². The standard InChI is InChI=1S/C11H10BrF3O2.C11H11F3O2.C9H7F3O2.BHNS/c1-2-17-10(16)9(12)7-4-3-5-8(6-7)11(13,14)15;1-2-16-10(15)7-8-4-3-5-9(6-8)11(12,13)14;10-9(11,12)7-3-1-2-6(4-7)5-8(13)14;1-2-3/h3-6,9H,2H2,1H3;3-6H,2,7H2,1H3;1-4H,5H2,(H,13,14);3H. The molecule has 0 spiro atoms. The van der Waals surface area contributed by atoms with Crippen LogP contribution in [0, 0.1) is 0 Å². The van der Waals surface area contributed by atoms with E-state index in [0.29, 0.717) is 5.56 Å². The number of carboxylic acids is 1. The van der Waals surface area contributed by atoms with Crippen LogP contribution in [0.1, 0.15) is 52.1 Å². The van der Waals surface area contributed by atoms with E-state index in [1.807, 2.05) is 0 Å². The molecule has 1 N–H and O–H groups in total. The molecule has 3 aromatic carbocycles. The average molecular weight is 805 g/mol. The second kappa shape index (κ2) is 22.1. The quantitative estimate of drug-likeness (QED) is 0.0775. The Bertz CT molecular complexity index is 1540. The van der Waals surface area contributed by atoms with Crippen LogP contribution in [0.2, 0.25) is 0 Å². The molecule has 0 saturated heterocycles. The molecule has 0 bridgehead atoms. The van der Waals surface area contributed by atoms with Gasteiger partial charge in [0, 0.05) is 0 Å². The van der Waals surface area contributed by atoms with Crippen LogP contribution in [-0.4, -0.2) is 43.9 Å². The number of thiol groups is 1. The van der Waals surface area contributed by atoms with E-state index in [1.54, 1.807) is 13.8 Å². The molecule has 1 atom stereocenters. The monoisotopic (exact) mass is 804 g/mol. The maximum absolute atomic E-state index is 12.4. The molecular formula is C31H29BBrF9NO6S. The summed E-state index contributed by atoms with van der Waals surface area (Å²) >= 11 is 6.20. The van der Waals surface area contributed by atoms with E-state index in [1.165, 1.54) is 36.4 Å². The molecule has 3 aromatic rings. The Hall–Kier alpha value is -3.87. The van der Waals surface area contributed by atoms with Crippen LogP contribution < -0.4 is 0 Å². The molecule has 0 aliphatic rings. The van der Waals surface area contributed by atoms with Gasteiger partial charge in [0.25, 0.3) is 0 Å². The van der Waals surface area contributed by atoms with Gasteiger partial charge in [-0.3, -0.25) is 14.4 Å². The predicted molar refractivity (Wildman–Crippen MR) is 171 cm³/mol. The third-order valence-corrected chi connectivity index (χ3v) is 6.42. The minimum atomic E-state index is -4.42. The number of rotatable bonds is 8. The zero-order chi connectivity index (χ0) is 38.7. The Kier molecular flexibility index (Phi) is 20.4. The van der Waals surface area contributed by atoms with Gasteiger partial charge in [-0.1, -0.05) is 70.5 Å². The number of hydrogen-bond acceptors (Lipinski definition) is 7. The number of alkyl halides is 10. The molecule has 0 aromatic heterocycles. The fourth-order valence-corrected chi connectivity index (χ4v) is 3.91. The summed E-state index contributed by atoms with van der Waals surface area (Å²) < 4.78 is 123. The first-order chi connectivity index (χ1) is 23.1. The topological polar surface area (TPSA) is 102 Å². The number of hydrogen-bond donors (Lipinski definition) is 2. The molecular weight excluding hydrogens is 776 g/mol. The SMILES string of the molecule is CCOC(=O)C(Br)c1cccc(C(F)(F)F)c1.CCOC(=O)Cc1cccc(C(F)(F)F)c1.O=C(O)Cc1cccc(C(F)(F)F)c1.[B]=NS. The van der Waals surface area contributed by atoms with Crippen LogP contribution in [0.25, 0.3) is 0 Å². The summed E-state index contributed by atoms with van der Waals surface area (Å²) in [5.74, 6) is -2.28. The van der Waals surface area contributed by atoms with Crippen molar-refractivity contribution in [2.45, 2.75) is 50.0 Å². The molecule has 1 radical (unpaired) electrons. The Labute approximate surface area is 296 Å². The Morgan fingerprint density at radius 2 is 1.12 bits per heavy atom. The van der Waals surface area contributed by atoms with E-state index in [0.717, 1.165) is 36.4 Å². The summed E-state index contributed by atoms with van der Waals surface area (Å²) in [7, 11) is 4.34. The van der Waals surface area contributed by atoms with Crippen molar-refractivity contribution in [1.29, 1.82) is 0 Å². The van der Waals surface area contributed by atoms with Gasteiger partial charge in [-0.05, 0) is 48.7 Å². The normalized spacial score (nSPS) is 11.5. The van der Waals surface area contributed by atoms with Gasteiger partial charge in [-0.25, -0.2) is 0 Å². The number of halogens is 10. The van der Waals surface area contributed by atoms with Gasteiger partial charge in [-0.2, -0.15) is 39.5 Å². The Morgan fingerprint density at radius 1 is 0.740 bits per heavy atom. The van der Waals surface area contributed by atoms with Crippen molar-refractivity contribution >= 4 is 54.3 Å². The number of benzene rings is 3. The Morgan fingerprint density at radius 3 is 1.50 bits per heavy atom. The van der Waals surface area contributed by atoms with E-state index in [9.17, 15) is 53.9 Å². The van der Waals surface area contributed by atoms with Crippen LogP contribution in [0.4, 0.5) is 39.5 Å². The molecule has 7 nitrogen and oxygen atoms in total. The molecule has 0 aliphatic carbocycles. The third kappa shape index (κ3) is 18.8. The molecule has 0 amide bonds. The average Bonchev–Trinajstić information content (AvgIpc) is 3.01. The molecule has 50 heavy (non-hydrogen) atoms. The van der Waals surface area contributed by atoms with Crippen molar-refractivity contribution in [3.8, 4) is 0 Å². The number of carbonyl (C=O) groups is 3. The summed E-state index contributed by atoms with van der Waals surface area (Å²) in [4.78, 5) is 31.8. The van der Waals surface area contributed by atoms with Crippen LogP contribution >= 0.6 is 28.7 Å². The summed E-state index contributed by atoms with van der Waals surface area (Å²) in [6.45, 7) is 3.67. The maximum atomic E-state index is 12.4. The molecule has 1 unspecified atom stereocenters. The van der Waals surface area contributed by atoms with Crippen molar-refractivity contribution in [3.63, 3.8) is 0 Å². The molecule has 3 rings (SSSR count). The molecule has 0 heterocycles.